The van der Waals surface area contributed by atoms with Crippen molar-refractivity contribution in [3.63, 3.8) is 0 Å². The molecule has 0 saturated heterocycles. The number of amides is 1. The van der Waals surface area contributed by atoms with Gasteiger partial charge in [0.25, 0.3) is 5.91 Å². The number of hydrogen-bond acceptors (Lipinski definition) is 2. The van der Waals surface area contributed by atoms with Gasteiger partial charge in [0.15, 0.2) is 0 Å². The first-order valence-corrected chi connectivity index (χ1v) is 9.14. The summed E-state index contributed by atoms with van der Waals surface area (Å²) >= 11 is 6.17. The molecule has 0 spiro atoms. The van der Waals surface area contributed by atoms with E-state index in [1.165, 1.54) is 0 Å². The fraction of sp³-hybridized carbons (Fsp3) is 0.238. The van der Waals surface area contributed by atoms with Crippen LogP contribution in [0.1, 0.15) is 45.9 Å². The lowest BCUT2D eigenvalue weighted by molar-refractivity contribution is 0.102. The Labute approximate surface area is 157 Å². The third-order valence-corrected chi connectivity index (χ3v) is 5.28. The maximum absolute atomic E-state index is 13.0. The van der Waals surface area contributed by atoms with Crippen LogP contribution >= 0.6 is 11.6 Å². The normalized spacial score (nSPS) is 13.7. The number of aromatic nitrogens is 2. The molecule has 0 aliphatic heterocycles. The van der Waals surface area contributed by atoms with Crippen LogP contribution in [0.5, 0.6) is 0 Å². The molecule has 26 heavy (non-hydrogen) atoms. The Morgan fingerprint density at radius 3 is 2.65 bits per heavy atom. The number of carbonyl (C=O) groups excluding carboxylic acids is 1. The number of rotatable bonds is 4. The molecule has 132 valence electrons. The summed E-state index contributed by atoms with van der Waals surface area (Å²) in [5.41, 5.74) is 5.38. The van der Waals surface area contributed by atoms with Crippen LogP contribution in [0.4, 0.5) is 5.69 Å². The average Bonchev–Trinajstić information content (AvgIpc) is 3.38. The van der Waals surface area contributed by atoms with Crippen LogP contribution in [0, 0.1) is 13.8 Å². The number of anilines is 1. The Kier molecular flexibility index (Phi) is 4.29. The minimum atomic E-state index is -0.142. The first kappa shape index (κ1) is 16.9. The fourth-order valence-corrected chi connectivity index (χ4v) is 3.38. The average molecular weight is 366 g/mol. The summed E-state index contributed by atoms with van der Waals surface area (Å²) in [4.78, 5) is 13.0. The second-order valence-corrected chi connectivity index (χ2v) is 7.19. The molecule has 2 aromatic carbocycles. The van der Waals surface area contributed by atoms with Crippen molar-refractivity contribution in [3.05, 3.63) is 76.1 Å². The molecule has 1 fully saturated rings. The van der Waals surface area contributed by atoms with Gasteiger partial charge in [-0.2, -0.15) is 5.10 Å². The van der Waals surface area contributed by atoms with Gasteiger partial charge >= 0.3 is 0 Å². The number of nitrogens with one attached hydrogen (secondary N) is 1. The van der Waals surface area contributed by atoms with E-state index >= 15 is 0 Å². The number of carbonyl (C=O) groups is 1. The van der Waals surface area contributed by atoms with Crippen molar-refractivity contribution in [2.75, 3.05) is 5.32 Å². The van der Waals surface area contributed by atoms with Crippen molar-refractivity contribution in [2.45, 2.75) is 32.6 Å². The van der Waals surface area contributed by atoms with Gasteiger partial charge in [-0.1, -0.05) is 35.9 Å². The van der Waals surface area contributed by atoms with E-state index in [-0.39, 0.29) is 5.91 Å². The zero-order valence-electron chi connectivity index (χ0n) is 14.8. The van der Waals surface area contributed by atoms with Gasteiger partial charge in [0, 0.05) is 16.6 Å². The third kappa shape index (κ3) is 3.01. The van der Waals surface area contributed by atoms with Gasteiger partial charge in [-0.25, -0.2) is 4.68 Å². The lowest BCUT2D eigenvalue weighted by Crippen LogP contribution is -2.15. The van der Waals surface area contributed by atoms with Crippen LogP contribution in [0.15, 0.2) is 48.7 Å². The van der Waals surface area contributed by atoms with Crippen molar-refractivity contribution >= 4 is 23.2 Å². The predicted octanol–water partition coefficient (Wildman–Crippen LogP) is 5.27. The largest absolute Gasteiger partial charge is 0.322 e. The van der Waals surface area contributed by atoms with Gasteiger partial charge in [0.05, 0.1) is 23.1 Å². The maximum atomic E-state index is 13.0. The number of benzene rings is 2. The highest BCUT2D eigenvalue weighted by atomic mass is 35.5. The van der Waals surface area contributed by atoms with Gasteiger partial charge < -0.3 is 5.32 Å². The SMILES string of the molecule is Cc1ccccc1-n1ncc(C(=O)Nc2cccc(Cl)c2C)c1C1CC1. The first-order valence-electron chi connectivity index (χ1n) is 8.76. The molecule has 0 bridgehead atoms. The summed E-state index contributed by atoms with van der Waals surface area (Å²) < 4.78 is 1.92. The van der Waals surface area contributed by atoms with E-state index < -0.39 is 0 Å². The smallest absolute Gasteiger partial charge is 0.259 e. The molecule has 3 aromatic rings. The van der Waals surface area contributed by atoms with E-state index in [2.05, 4.69) is 23.4 Å². The molecule has 5 heteroatoms. The van der Waals surface area contributed by atoms with Gasteiger partial charge in [-0.15, -0.1) is 0 Å². The number of hydrogen-bond donors (Lipinski definition) is 1. The summed E-state index contributed by atoms with van der Waals surface area (Å²) in [6, 6.07) is 13.6. The Morgan fingerprint density at radius 2 is 1.92 bits per heavy atom. The quantitative estimate of drug-likeness (QED) is 0.684. The monoisotopic (exact) mass is 365 g/mol. The molecular formula is C21H20ClN3O. The molecule has 0 unspecified atom stereocenters. The molecule has 0 atom stereocenters. The molecule has 1 aliphatic carbocycles. The van der Waals surface area contributed by atoms with E-state index in [4.69, 9.17) is 11.6 Å². The Morgan fingerprint density at radius 1 is 1.15 bits per heavy atom. The molecule has 4 nitrogen and oxygen atoms in total. The molecule has 0 radical (unpaired) electrons. The molecule has 1 aliphatic rings. The van der Waals surface area contributed by atoms with Crippen molar-refractivity contribution in [1.82, 2.24) is 9.78 Å². The van der Waals surface area contributed by atoms with E-state index in [0.29, 0.717) is 16.5 Å². The van der Waals surface area contributed by atoms with E-state index in [0.717, 1.165) is 41.0 Å². The van der Waals surface area contributed by atoms with Crippen LogP contribution < -0.4 is 5.32 Å². The number of para-hydroxylation sites is 1. The van der Waals surface area contributed by atoms with Crippen molar-refractivity contribution in [3.8, 4) is 5.69 Å². The first-order chi connectivity index (χ1) is 12.6. The van der Waals surface area contributed by atoms with Crippen LogP contribution in [-0.2, 0) is 0 Å². The fourth-order valence-electron chi connectivity index (χ4n) is 3.21. The van der Waals surface area contributed by atoms with Gasteiger partial charge in [-0.05, 0) is 56.0 Å². The number of nitrogens with zero attached hydrogens (tertiary/aromatic N) is 2. The Balaban J connectivity index is 1.72. The van der Waals surface area contributed by atoms with Crippen LogP contribution in [0.3, 0.4) is 0 Å². The van der Waals surface area contributed by atoms with E-state index in [9.17, 15) is 4.79 Å². The summed E-state index contributed by atoms with van der Waals surface area (Å²) in [6.07, 6.45) is 3.86. The maximum Gasteiger partial charge on any atom is 0.259 e. The Bertz CT molecular complexity index is 989. The van der Waals surface area contributed by atoms with E-state index in [1.807, 2.05) is 48.0 Å². The predicted molar refractivity (Wildman–Crippen MR) is 104 cm³/mol. The molecule has 1 saturated carbocycles. The summed E-state index contributed by atoms with van der Waals surface area (Å²) in [5.74, 6) is 0.246. The van der Waals surface area contributed by atoms with Crippen LogP contribution in [-0.4, -0.2) is 15.7 Å². The molecule has 1 aromatic heterocycles. The van der Waals surface area contributed by atoms with Crippen LogP contribution in [0.25, 0.3) is 5.69 Å². The van der Waals surface area contributed by atoms with Crippen molar-refractivity contribution in [1.29, 1.82) is 0 Å². The molecule has 1 amide bonds. The molecule has 1 heterocycles. The van der Waals surface area contributed by atoms with Gasteiger partial charge in [-0.3, -0.25) is 4.79 Å². The summed E-state index contributed by atoms with van der Waals surface area (Å²) in [5, 5.41) is 8.17. The minimum absolute atomic E-state index is 0.142. The van der Waals surface area contributed by atoms with Gasteiger partial charge in [0.1, 0.15) is 0 Å². The third-order valence-electron chi connectivity index (χ3n) is 4.87. The zero-order chi connectivity index (χ0) is 18.3. The minimum Gasteiger partial charge on any atom is -0.322 e. The topological polar surface area (TPSA) is 46.9 Å². The second-order valence-electron chi connectivity index (χ2n) is 6.78. The van der Waals surface area contributed by atoms with Gasteiger partial charge in [0.2, 0.25) is 0 Å². The zero-order valence-corrected chi connectivity index (χ0v) is 15.5. The van der Waals surface area contributed by atoms with Crippen molar-refractivity contribution < 1.29 is 4.79 Å². The highest BCUT2D eigenvalue weighted by Gasteiger charge is 2.33. The molecule has 1 N–H and O–H groups in total. The standard InChI is InChI=1S/C21H20ClN3O/c1-13-6-3-4-9-19(13)25-20(15-10-11-15)16(12-23-25)21(26)24-18-8-5-7-17(22)14(18)2/h3-9,12,15H,10-11H2,1-2H3,(H,24,26). The summed E-state index contributed by atoms with van der Waals surface area (Å²) in [7, 11) is 0. The van der Waals surface area contributed by atoms with E-state index in [1.54, 1.807) is 6.20 Å². The van der Waals surface area contributed by atoms with Crippen molar-refractivity contribution in [2.24, 2.45) is 0 Å². The number of aryl methyl sites for hydroxylation is 1. The molecule has 4 rings (SSSR count). The highest BCUT2D eigenvalue weighted by Crippen LogP contribution is 2.43. The second kappa shape index (κ2) is 6.61. The molecular weight excluding hydrogens is 346 g/mol. The van der Waals surface area contributed by atoms with Crippen LogP contribution in [0.2, 0.25) is 5.02 Å². The summed E-state index contributed by atoms with van der Waals surface area (Å²) in [6.45, 7) is 3.96. The Hall–Kier alpha value is -2.59. The lowest BCUT2D eigenvalue weighted by atomic mass is 10.1. The number of halogens is 1. The highest BCUT2D eigenvalue weighted by molar-refractivity contribution is 6.31. The lowest BCUT2D eigenvalue weighted by Gasteiger charge is -2.12.